The van der Waals surface area contributed by atoms with Crippen LogP contribution >= 0.6 is 23.2 Å². The molecule has 24 heavy (non-hydrogen) atoms. The third-order valence-corrected chi connectivity index (χ3v) is 4.23. The SMILES string of the molecule is CC(C)c1ccc(NC(=O)CC(=O)Nc2cccc(Cl)c2Cl)cc1. The predicted molar refractivity (Wildman–Crippen MR) is 98.9 cm³/mol. The van der Waals surface area contributed by atoms with Crippen LogP contribution in [0.3, 0.4) is 0 Å². The minimum absolute atomic E-state index is 0.247. The molecule has 2 rings (SSSR count). The molecule has 2 N–H and O–H groups in total. The van der Waals surface area contributed by atoms with Crippen molar-refractivity contribution in [2.75, 3.05) is 10.6 Å². The first-order chi connectivity index (χ1) is 11.4. The molecule has 0 aliphatic rings. The number of hydrogen-bond acceptors (Lipinski definition) is 2. The fourth-order valence-corrected chi connectivity index (χ4v) is 2.44. The fraction of sp³-hybridized carbons (Fsp3) is 0.222. The molecular formula is C18H18Cl2N2O2. The predicted octanol–water partition coefficient (Wildman–Crippen LogP) is 5.08. The number of nitrogens with one attached hydrogen (secondary N) is 2. The first-order valence-electron chi connectivity index (χ1n) is 7.50. The number of anilines is 2. The summed E-state index contributed by atoms with van der Waals surface area (Å²) in [6.07, 6.45) is -0.311. The largest absolute Gasteiger partial charge is 0.326 e. The molecule has 0 heterocycles. The molecule has 2 amide bonds. The van der Waals surface area contributed by atoms with Gasteiger partial charge in [-0.15, -0.1) is 0 Å². The van der Waals surface area contributed by atoms with E-state index in [-0.39, 0.29) is 11.4 Å². The third-order valence-electron chi connectivity index (χ3n) is 3.41. The fourth-order valence-electron chi connectivity index (χ4n) is 2.10. The van der Waals surface area contributed by atoms with Gasteiger partial charge in [-0.25, -0.2) is 0 Å². The number of carbonyl (C=O) groups is 2. The van der Waals surface area contributed by atoms with Crippen molar-refractivity contribution in [3.63, 3.8) is 0 Å². The second-order valence-corrected chi connectivity index (χ2v) is 6.44. The van der Waals surface area contributed by atoms with Gasteiger partial charge >= 0.3 is 0 Å². The maximum absolute atomic E-state index is 12.0. The second kappa shape index (κ2) is 8.18. The van der Waals surface area contributed by atoms with Crippen molar-refractivity contribution in [2.45, 2.75) is 26.2 Å². The third kappa shape index (κ3) is 4.98. The van der Waals surface area contributed by atoms with E-state index < -0.39 is 11.8 Å². The van der Waals surface area contributed by atoms with Gasteiger partial charge in [0.2, 0.25) is 11.8 Å². The summed E-state index contributed by atoms with van der Waals surface area (Å²) >= 11 is 11.9. The Labute approximate surface area is 151 Å². The Hall–Kier alpha value is -2.04. The Kier molecular flexibility index (Phi) is 6.23. The van der Waals surface area contributed by atoms with E-state index in [4.69, 9.17) is 23.2 Å². The molecule has 2 aromatic carbocycles. The summed E-state index contributed by atoms with van der Waals surface area (Å²) in [7, 11) is 0. The van der Waals surface area contributed by atoms with Crippen LogP contribution in [-0.4, -0.2) is 11.8 Å². The van der Waals surface area contributed by atoms with Crippen molar-refractivity contribution in [1.82, 2.24) is 0 Å². The van der Waals surface area contributed by atoms with Crippen LogP contribution in [0.4, 0.5) is 11.4 Å². The van der Waals surface area contributed by atoms with E-state index in [2.05, 4.69) is 24.5 Å². The highest BCUT2D eigenvalue weighted by Crippen LogP contribution is 2.29. The van der Waals surface area contributed by atoms with E-state index in [0.29, 0.717) is 22.3 Å². The average molecular weight is 365 g/mol. The molecule has 0 atom stereocenters. The summed E-state index contributed by atoms with van der Waals surface area (Å²) in [6.45, 7) is 4.19. The van der Waals surface area contributed by atoms with Gasteiger partial charge in [-0.2, -0.15) is 0 Å². The molecule has 2 aromatic rings. The lowest BCUT2D eigenvalue weighted by Crippen LogP contribution is -2.21. The summed E-state index contributed by atoms with van der Waals surface area (Å²) in [4.78, 5) is 23.9. The molecule has 0 bridgehead atoms. The molecule has 0 spiro atoms. The second-order valence-electron chi connectivity index (χ2n) is 5.65. The summed E-state index contributed by atoms with van der Waals surface area (Å²) in [5.74, 6) is -0.443. The van der Waals surface area contributed by atoms with Gasteiger partial charge in [0.1, 0.15) is 6.42 Å². The maximum atomic E-state index is 12.0. The van der Waals surface area contributed by atoms with Crippen molar-refractivity contribution in [2.24, 2.45) is 0 Å². The van der Waals surface area contributed by atoms with Crippen LogP contribution in [0.15, 0.2) is 42.5 Å². The van der Waals surface area contributed by atoms with Gasteiger partial charge < -0.3 is 10.6 Å². The molecular weight excluding hydrogens is 347 g/mol. The van der Waals surface area contributed by atoms with Gasteiger partial charge in [0.05, 0.1) is 15.7 Å². The van der Waals surface area contributed by atoms with E-state index in [1.54, 1.807) is 18.2 Å². The van der Waals surface area contributed by atoms with Crippen LogP contribution in [0.25, 0.3) is 0 Å². The molecule has 0 aliphatic heterocycles. The Morgan fingerprint density at radius 1 is 0.958 bits per heavy atom. The standard InChI is InChI=1S/C18H18Cl2N2O2/c1-11(2)12-6-8-13(9-7-12)21-16(23)10-17(24)22-15-5-3-4-14(19)18(15)20/h3-9,11H,10H2,1-2H3,(H,21,23)(H,22,24). The van der Waals surface area contributed by atoms with Crippen LogP contribution in [-0.2, 0) is 9.59 Å². The number of carbonyl (C=O) groups excluding carboxylic acids is 2. The summed E-state index contributed by atoms with van der Waals surface area (Å²) in [5, 5.41) is 5.85. The first kappa shape index (κ1) is 18.3. The molecule has 0 saturated heterocycles. The Morgan fingerprint density at radius 2 is 1.58 bits per heavy atom. The van der Waals surface area contributed by atoms with Crippen molar-refractivity contribution in [1.29, 1.82) is 0 Å². The number of rotatable bonds is 5. The topological polar surface area (TPSA) is 58.2 Å². The number of amides is 2. The lowest BCUT2D eigenvalue weighted by atomic mass is 10.0. The van der Waals surface area contributed by atoms with Gasteiger partial charge in [0.25, 0.3) is 0 Å². The van der Waals surface area contributed by atoms with Crippen molar-refractivity contribution >= 4 is 46.4 Å². The highest BCUT2D eigenvalue weighted by atomic mass is 35.5. The monoisotopic (exact) mass is 364 g/mol. The lowest BCUT2D eigenvalue weighted by molar-refractivity contribution is -0.123. The van der Waals surface area contributed by atoms with Gasteiger partial charge in [-0.3, -0.25) is 9.59 Å². The number of benzene rings is 2. The molecule has 126 valence electrons. The smallest absolute Gasteiger partial charge is 0.233 e. The molecule has 0 unspecified atom stereocenters. The van der Waals surface area contributed by atoms with Gasteiger partial charge in [0, 0.05) is 5.69 Å². The summed E-state index contributed by atoms with van der Waals surface area (Å²) in [5.41, 5.74) is 2.21. The van der Waals surface area contributed by atoms with Gasteiger partial charge in [-0.1, -0.05) is 55.2 Å². The van der Waals surface area contributed by atoms with E-state index in [0.717, 1.165) is 0 Å². The molecule has 0 radical (unpaired) electrons. The normalized spacial score (nSPS) is 10.5. The van der Waals surface area contributed by atoms with E-state index in [1.165, 1.54) is 5.56 Å². The van der Waals surface area contributed by atoms with E-state index >= 15 is 0 Å². The lowest BCUT2D eigenvalue weighted by Gasteiger charge is -2.10. The van der Waals surface area contributed by atoms with Gasteiger partial charge in [0.15, 0.2) is 0 Å². The van der Waals surface area contributed by atoms with Crippen LogP contribution in [0.2, 0.25) is 10.0 Å². The zero-order valence-electron chi connectivity index (χ0n) is 13.4. The number of hydrogen-bond donors (Lipinski definition) is 2. The van der Waals surface area contributed by atoms with E-state index in [9.17, 15) is 9.59 Å². The quantitative estimate of drug-likeness (QED) is 0.726. The highest BCUT2D eigenvalue weighted by molar-refractivity contribution is 6.44. The first-order valence-corrected chi connectivity index (χ1v) is 8.26. The Morgan fingerprint density at radius 3 is 2.21 bits per heavy atom. The minimum Gasteiger partial charge on any atom is -0.326 e. The zero-order valence-corrected chi connectivity index (χ0v) is 14.9. The average Bonchev–Trinajstić information content (AvgIpc) is 2.52. The molecule has 4 nitrogen and oxygen atoms in total. The summed E-state index contributed by atoms with van der Waals surface area (Å²) < 4.78 is 0. The highest BCUT2D eigenvalue weighted by Gasteiger charge is 2.12. The maximum Gasteiger partial charge on any atom is 0.233 e. The molecule has 0 aromatic heterocycles. The molecule has 0 fully saturated rings. The Bertz CT molecular complexity index is 743. The number of halogens is 2. The van der Waals surface area contributed by atoms with Crippen molar-refractivity contribution < 1.29 is 9.59 Å². The Balaban J connectivity index is 1.92. The molecule has 0 saturated carbocycles. The minimum atomic E-state index is -0.463. The molecule has 0 aliphatic carbocycles. The van der Waals surface area contributed by atoms with Crippen molar-refractivity contribution in [3.8, 4) is 0 Å². The van der Waals surface area contributed by atoms with E-state index in [1.807, 2.05) is 24.3 Å². The van der Waals surface area contributed by atoms with Crippen LogP contribution in [0.1, 0.15) is 31.7 Å². The van der Waals surface area contributed by atoms with Crippen molar-refractivity contribution in [3.05, 3.63) is 58.1 Å². The van der Waals surface area contributed by atoms with Crippen LogP contribution in [0.5, 0.6) is 0 Å². The molecule has 6 heteroatoms. The van der Waals surface area contributed by atoms with Crippen LogP contribution < -0.4 is 10.6 Å². The summed E-state index contributed by atoms with van der Waals surface area (Å²) in [6, 6.07) is 12.4. The zero-order chi connectivity index (χ0) is 17.7. The van der Waals surface area contributed by atoms with Crippen LogP contribution in [0, 0.1) is 0 Å². The van der Waals surface area contributed by atoms with Gasteiger partial charge in [-0.05, 0) is 35.7 Å².